The Hall–Kier alpha value is -1.20. The normalized spacial score (nSPS) is 11.1. The topological polar surface area (TPSA) is 61.1 Å². The Kier molecular flexibility index (Phi) is 4.65. The summed E-state index contributed by atoms with van der Waals surface area (Å²) in [6, 6.07) is 4.26. The number of hydrogen-bond acceptors (Lipinski definition) is 3. The zero-order chi connectivity index (χ0) is 13.9. The average molecular weight is 340 g/mol. The molecule has 8 heteroatoms. The zero-order valence-electron chi connectivity index (χ0n) is 8.58. The first-order valence-corrected chi connectivity index (χ1v) is 6.04. The number of benzene rings is 1. The SMILES string of the molecule is N#Cc1ccc(Br)c(SC(F)(F)F)c1CC(=O)O. The minimum Gasteiger partial charge on any atom is -0.481 e. The third kappa shape index (κ3) is 3.92. The number of hydrogen-bond donors (Lipinski definition) is 1. The molecule has 0 aliphatic heterocycles. The molecule has 0 spiro atoms. The highest BCUT2D eigenvalue weighted by molar-refractivity contribution is 9.10. The van der Waals surface area contributed by atoms with Crippen molar-refractivity contribution < 1.29 is 23.1 Å². The summed E-state index contributed by atoms with van der Waals surface area (Å²) in [4.78, 5) is 10.4. The van der Waals surface area contributed by atoms with E-state index in [-0.39, 0.29) is 20.5 Å². The van der Waals surface area contributed by atoms with Gasteiger partial charge in [-0.2, -0.15) is 18.4 Å². The molecule has 0 aliphatic carbocycles. The van der Waals surface area contributed by atoms with Crippen molar-refractivity contribution in [3.8, 4) is 6.07 Å². The van der Waals surface area contributed by atoms with Crippen LogP contribution in [-0.4, -0.2) is 16.6 Å². The maximum Gasteiger partial charge on any atom is 0.446 e. The molecular weight excluding hydrogens is 335 g/mol. The lowest BCUT2D eigenvalue weighted by Crippen LogP contribution is -2.07. The Morgan fingerprint density at radius 2 is 2.11 bits per heavy atom. The van der Waals surface area contributed by atoms with Crippen LogP contribution in [0.4, 0.5) is 13.2 Å². The van der Waals surface area contributed by atoms with E-state index >= 15 is 0 Å². The fraction of sp³-hybridized carbons (Fsp3) is 0.200. The largest absolute Gasteiger partial charge is 0.481 e. The molecule has 96 valence electrons. The standard InChI is InChI=1S/C10H5BrF3NO2S/c11-7-2-1-5(4-15)6(3-8(16)17)9(7)18-10(12,13)14/h1-2H,3H2,(H,16,17). The van der Waals surface area contributed by atoms with Gasteiger partial charge in [-0.15, -0.1) is 0 Å². The Morgan fingerprint density at radius 1 is 1.50 bits per heavy atom. The molecule has 1 rings (SSSR count). The van der Waals surface area contributed by atoms with E-state index in [9.17, 15) is 18.0 Å². The van der Waals surface area contributed by atoms with Crippen molar-refractivity contribution in [1.82, 2.24) is 0 Å². The predicted molar refractivity (Wildman–Crippen MR) is 62.1 cm³/mol. The summed E-state index contributed by atoms with van der Waals surface area (Å²) in [5, 5.41) is 17.5. The van der Waals surface area contributed by atoms with Crippen molar-refractivity contribution in [2.45, 2.75) is 16.8 Å². The van der Waals surface area contributed by atoms with Gasteiger partial charge in [-0.3, -0.25) is 4.79 Å². The fourth-order valence-corrected chi connectivity index (χ4v) is 2.57. The Bertz CT molecular complexity index is 525. The van der Waals surface area contributed by atoms with Crippen molar-refractivity contribution >= 4 is 33.7 Å². The summed E-state index contributed by atoms with van der Waals surface area (Å²) in [6.07, 6.45) is -0.638. The van der Waals surface area contributed by atoms with E-state index in [1.807, 2.05) is 0 Å². The van der Waals surface area contributed by atoms with Crippen LogP contribution in [0.1, 0.15) is 11.1 Å². The first-order valence-electron chi connectivity index (χ1n) is 4.43. The average Bonchev–Trinajstić information content (AvgIpc) is 2.21. The van der Waals surface area contributed by atoms with Crippen LogP contribution in [-0.2, 0) is 11.2 Å². The van der Waals surface area contributed by atoms with Crippen LogP contribution in [0, 0.1) is 11.3 Å². The molecule has 0 unspecified atom stereocenters. The number of thioether (sulfide) groups is 1. The molecule has 0 saturated heterocycles. The van der Waals surface area contributed by atoms with Crippen molar-refractivity contribution in [1.29, 1.82) is 5.26 Å². The summed E-state index contributed by atoms with van der Waals surface area (Å²) >= 11 is 2.49. The van der Waals surface area contributed by atoms with E-state index in [0.29, 0.717) is 0 Å². The van der Waals surface area contributed by atoms with E-state index in [1.165, 1.54) is 12.1 Å². The van der Waals surface area contributed by atoms with E-state index < -0.39 is 29.7 Å². The van der Waals surface area contributed by atoms with Crippen LogP contribution in [0.3, 0.4) is 0 Å². The van der Waals surface area contributed by atoms with Gasteiger partial charge in [0.2, 0.25) is 0 Å². The predicted octanol–water partition coefficient (Wildman–Crippen LogP) is 3.56. The molecule has 0 saturated carbocycles. The van der Waals surface area contributed by atoms with Gasteiger partial charge in [-0.25, -0.2) is 0 Å². The number of halogens is 4. The molecule has 0 heterocycles. The molecule has 1 aromatic carbocycles. The second-order valence-electron chi connectivity index (χ2n) is 3.13. The number of carboxylic acids is 1. The number of carboxylic acid groups (broad SMARTS) is 1. The van der Waals surface area contributed by atoms with Crippen LogP contribution in [0.15, 0.2) is 21.5 Å². The van der Waals surface area contributed by atoms with Crippen LogP contribution in [0.2, 0.25) is 0 Å². The first kappa shape index (κ1) is 14.9. The molecule has 1 N–H and O–H groups in total. The van der Waals surface area contributed by atoms with Crippen LogP contribution in [0.25, 0.3) is 0 Å². The molecule has 0 aromatic heterocycles. The van der Waals surface area contributed by atoms with Gasteiger partial charge in [0.05, 0.1) is 18.1 Å². The van der Waals surface area contributed by atoms with Gasteiger partial charge >= 0.3 is 11.5 Å². The van der Waals surface area contributed by atoms with Crippen molar-refractivity contribution in [3.63, 3.8) is 0 Å². The zero-order valence-corrected chi connectivity index (χ0v) is 11.0. The highest BCUT2D eigenvalue weighted by Crippen LogP contribution is 2.43. The molecule has 0 aliphatic rings. The number of rotatable bonds is 3. The van der Waals surface area contributed by atoms with Gasteiger partial charge in [0.1, 0.15) is 0 Å². The smallest absolute Gasteiger partial charge is 0.446 e. The van der Waals surface area contributed by atoms with Gasteiger partial charge in [-0.05, 0) is 45.4 Å². The monoisotopic (exact) mass is 339 g/mol. The number of nitriles is 1. The highest BCUT2D eigenvalue weighted by Gasteiger charge is 2.32. The maximum atomic E-state index is 12.4. The first-order chi connectivity index (χ1) is 8.24. The Morgan fingerprint density at radius 3 is 2.56 bits per heavy atom. The van der Waals surface area contributed by atoms with Gasteiger partial charge in [0.15, 0.2) is 0 Å². The summed E-state index contributed by atoms with van der Waals surface area (Å²) in [6.45, 7) is 0. The number of aliphatic carboxylic acids is 1. The van der Waals surface area contributed by atoms with Crippen LogP contribution in [0.5, 0.6) is 0 Å². The highest BCUT2D eigenvalue weighted by atomic mass is 79.9. The number of alkyl halides is 3. The number of carbonyl (C=O) groups is 1. The van der Waals surface area contributed by atoms with Gasteiger partial charge in [0, 0.05) is 9.37 Å². The third-order valence-electron chi connectivity index (χ3n) is 1.88. The third-order valence-corrected chi connectivity index (χ3v) is 3.70. The second-order valence-corrected chi connectivity index (χ2v) is 5.06. The van der Waals surface area contributed by atoms with Gasteiger partial charge in [-0.1, -0.05) is 0 Å². The van der Waals surface area contributed by atoms with Crippen molar-refractivity contribution in [3.05, 3.63) is 27.7 Å². The lowest BCUT2D eigenvalue weighted by molar-refractivity contribution is -0.136. The van der Waals surface area contributed by atoms with E-state index in [2.05, 4.69) is 15.9 Å². The van der Waals surface area contributed by atoms with Crippen molar-refractivity contribution in [2.75, 3.05) is 0 Å². The number of nitrogens with zero attached hydrogens (tertiary/aromatic N) is 1. The molecule has 0 atom stereocenters. The molecule has 18 heavy (non-hydrogen) atoms. The molecule has 0 fully saturated rings. The second kappa shape index (κ2) is 5.63. The summed E-state index contributed by atoms with van der Waals surface area (Å²) in [5.41, 5.74) is -4.77. The quantitative estimate of drug-likeness (QED) is 0.855. The van der Waals surface area contributed by atoms with Crippen molar-refractivity contribution in [2.24, 2.45) is 0 Å². The van der Waals surface area contributed by atoms with E-state index in [1.54, 1.807) is 6.07 Å². The molecule has 0 amide bonds. The van der Waals surface area contributed by atoms with Gasteiger partial charge in [0.25, 0.3) is 0 Å². The molecule has 0 bridgehead atoms. The molecule has 3 nitrogen and oxygen atoms in total. The molecule has 1 aromatic rings. The Balaban J connectivity index is 3.37. The van der Waals surface area contributed by atoms with E-state index in [0.717, 1.165) is 0 Å². The van der Waals surface area contributed by atoms with E-state index in [4.69, 9.17) is 10.4 Å². The molecular formula is C10H5BrF3NO2S. The summed E-state index contributed by atoms with van der Waals surface area (Å²) in [5.74, 6) is -1.30. The van der Waals surface area contributed by atoms with Gasteiger partial charge < -0.3 is 5.11 Å². The summed E-state index contributed by atoms with van der Waals surface area (Å²) in [7, 11) is 0. The maximum absolute atomic E-state index is 12.4. The summed E-state index contributed by atoms with van der Waals surface area (Å²) < 4.78 is 37.3. The van der Waals surface area contributed by atoms with Crippen LogP contribution >= 0.6 is 27.7 Å². The fourth-order valence-electron chi connectivity index (χ4n) is 1.26. The van der Waals surface area contributed by atoms with Crippen LogP contribution < -0.4 is 0 Å². The molecule has 0 radical (unpaired) electrons. The lowest BCUT2D eigenvalue weighted by Gasteiger charge is -2.13. The minimum atomic E-state index is -4.55. The Labute approximate surface area is 113 Å². The minimum absolute atomic E-state index is 0.0765. The lowest BCUT2D eigenvalue weighted by atomic mass is 10.1.